The zero-order valence-electron chi connectivity index (χ0n) is 10.6. The number of rotatable bonds is 6. The molecule has 0 heterocycles. The van der Waals surface area contributed by atoms with Gasteiger partial charge in [-0.3, -0.25) is 14.9 Å². The third-order valence-corrected chi connectivity index (χ3v) is 3.85. The fourth-order valence-corrected chi connectivity index (χ4v) is 2.58. The minimum atomic E-state index is -1.10. The van der Waals surface area contributed by atoms with Crippen LogP contribution in [0.15, 0.2) is 0 Å². The molecule has 0 spiro atoms. The molecule has 1 aliphatic carbocycles. The van der Waals surface area contributed by atoms with Crippen LogP contribution in [0.2, 0.25) is 0 Å². The second-order valence-corrected chi connectivity index (χ2v) is 5.49. The normalized spacial score (nSPS) is 16.9. The summed E-state index contributed by atoms with van der Waals surface area (Å²) in [5, 5.41) is 13.5. The molecule has 0 bridgehead atoms. The predicted octanol–water partition coefficient (Wildman–Crippen LogP) is -0.100. The molecule has 0 aromatic carbocycles. The molecule has 7 nitrogen and oxygen atoms in total. The molecule has 0 aromatic rings. The largest absolute Gasteiger partial charge is 0.480 e. The minimum absolute atomic E-state index is 0.0130. The van der Waals surface area contributed by atoms with Crippen LogP contribution in [0.5, 0.6) is 0 Å². The highest BCUT2D eigenvalue weighted by molar-refractivity contribution is 8.00. The number of thioether (sulfide) groups is 1. The Morgan fingerprint density at radius 2 is 1.95 bits per heavy atom. The molecule has 0 unspecified atom stereocenters. The number of urea groups is 1. The lowest BCUT2D eigenvalue weighted by Gasteiger charge is -2.12. The minimum Gasteiger partial charge on any atom is -0.480 e. The molecule has 1 fully saturated rings. The molecule has 0 aliphatic heterocycles. The van der Waals surface area contributed by atoms with E-state index in [1.807, 2.05) is 0 Å². The van der Waals surface area contributed by atoms with Gasteiger partial charge in [-0.05, 0) is 12.8 Å². The number of nitrogens with one attached hydrogen (secondary N) is 2. The van der Waals surface area contributed by atoms with Crippen molar-refractivity contribution in [1.29, 1.82) is 0 Å². The summed E-state index contributed by atoms with van der Waals surface area (Å²) < 4.78 is 0. The van der Waals surface area contributed by atoms with Crippen molar-refractivity contribution >= 4 is 29.7 Å². The fourth-order valence-electron chi connectivity index (χ4n) is 1.80. The SMILES string of the molecule is N[C@@H](CSCC(=O)NC(=O)NC1CCCC1)C(=O)O. The van der Waals surface area contributed by atoms with Crippen molar-refractivity contribution in [3.05, 3.63) is 0 Å². The van der Waals surface area contributed by atoms with Gasteiger partial charge in [0.05, 0.1) is 5.75 Å². The van der Waals surface area contributed by atoms with Crippen LogP contribution in [0, 0.1) is 0 Å². The number of nitrogens with two attached hydrogens (primary N) is 1. The van der Waals surface area contributed by atoms with Crippen molar-refractivity contribution < 1.29 is 19.5 Å². The molecule has 0 saturated heterocycles. The summed E-state index contributed by atoms with van der Waals surface area (Å²) in [5.74, 6) is -1.41. The summed E-state index contributed by atoms with van der Waals surface area (Å²) in [7, 11) is 0. The van der Waals surface area contributed by atoms with Crippen LogP contribution in [0.3, 0.4) is 0 Å². The number of amides is 3. The van der Waals surface area contributed by atoms with Gasteiger partial charge in [0.1, 0.15) is 6.04 Å². The van der Waals surface area contributed by atoms with Gasteiger partial charge in [0, 0.05) is 11.8 Å². The maximum atomic E-state index is 11.4. The third kappa shape index (κ3) is 6.44. The lowest BCUT2D eigenvalue weighted by molar-refractivity contribution is -0.138. The number of hydrogen-bond donors (Lipinski definition) is 4. The molecular formula is C11H19N3O4S. The van der Waals surface area contributed by atoms with Crippen LogP contribution in [0.25, 0.3) is 0 Å². The molecule has 0 aromatic heterocycles. The molecular weight excluding hydrogens is 270 g/mol. The van der Waals surface area contributed by atoms with E-state index in [4.69, 9.17) is 10.8 Å². The first-order valence-electron chi connectivity index (χ1n) is 6.15. The van der Waals surface area contributed by atoms with Gasteiger partial charge in [-0.25, -0.2) is 4.79 Å². The average Bonchev–Trinajstić information content (AvgIpc) is 2.81. The highest BCUT2D eigenvalue weighted by Gasteiger charge is 2.18. The van der Waals surface area contributed by atoms with Gasteiger partial charge in [-0.15, -0.1) is 11.8 Å². The second-order valence-electron chi connectivity index (χ2n) is 4.46. The number of carboxylic acids is 1. The summed E-state index contributed by atoms with van der Waals surface area (Å²) in [6, 6.07) is -1.33. The van der Waals surface area contributed by atoms with Gasteiger partial charge in [-0.1, -0.05) is 12.8 Å². The summed E-state index contributed by atoms with van der Waals surface area (Å²) >= 11 is 1.08. The van der Waals surface area contributed by atoms with Crippen molar-refractivity contribution in [2.75, 3.05) is 11.5 Å². The van der Waals surface area contributed by atoms with Crippen LogP contribution in [-0.4, -0.2) is 46.6 Å². The number of carbonyl (C=O) groups excluding carboxylic acids is 2. The fraction of sp³-hybridized carbons (Fsp3) is 0.727. The van der Waals surface area contributed by atoms with E-state index in [2.05, 4.69) is 10.6 Å². The van der Waals surface area contributed by atoms with E-state index in [1.165, 1.54) is 0 Å². The summed E-state index contributed by atoms with van der Waals surface area (Å²) in [5.41, 5.74) is 5.28. The number of hydrogen-bond acceptors (Lipinski definition) is 5. The van der Waals surface area contributed by atoms with Gasteiger partial charge in [-0.2, -0.15) is 0 Å². The van der Waals surface area contributed by atoms with Crippen LogP contribution in [-0.2, 0) is 9.59 Å². The van der Waals surface area contributed by atoms with Gasteiger partial charge in [0.15, 0.2) is 0 Å². The first-order valence-corrected chi connectivity index (χ1v) is 7.31. The number of aliphatic carboxylic acids is 1. The summed E-state index contributed by atoms with van der Waals surface area (Å²) in [6.45, 7) is 0. The average molecular weight is 289 g/mol. The Hall–Kier alpha value is -1.28. The van der Waals surface area contributed by atoms with E-state index in [1.54, 1.807) is 0 Å². The van der Waals surface area contributed by atoms with Gasteiger partial charge >= 0.3 is 12.0 Å². The Bertz CT molecular complexity index is 345. The van der Waals surface area contributed by atoms with Crippen LogP contribution in [0.1, 0.15) is 25.7 Å². The van der Waals surface area contributed by atoms with Crippen molar-refractivity contribution in [1.82, 2.24) is 10.6 Å². The molecule has 1 aliphatic rings. The predicted molar refractivity (Wildman–Crippen MR) is 71.9 cm³/mol. The molecule has 3 amide bonds. The Kier molecular flexibility index (Phi) is 6.65. The van der Waals surface area contributed by atoms with E-state index >= 15 is 0 Å². The maximum Gasteiger partial charge on any atom is 0.321 e. The Morgan fingerprint density at radius 3 is 2.53 bits per heavy atom. The first-order chi connectivity index (χ1) is 8.99. The molecule has 19 heavy (non-hydrogen) atoms. The molecule has 108 valence electrons. The maximum absolute atomic E-state index is 11.4. The monoisotopic (exact) mass is 289 g/mol. The number of carbonyl (C=O) groups is 3. The van der Waals surface area contributed by atoms with E-state index in [0.29, 0.717) is 0 Å². The summed E-state index contributed by atoms with van der Waals surface area (Å²) in [4.78, 5) is 33.3. The highest BCUT2D eigenvalue weighted by atomic mass is 32.2. The number of imide groups is 1. The molecule has 5 N–H and O–H groups in total. The lowest BCUT2D eigenvalue weighted by Crippen LogP contribution is -2.44. The molecule has 1 rings (SSSR count). The standard InChI is InChI=1S/C11H19N3O4S/c12-8(10(16)17)5-19-6-9(15)14-11(18)13-7-3-1-2-4-7/h7-8H,1-6,12H2,(H,16,17)(H2,13,14,15,18)/t8-/m0/s1. The van der Waals surface area contributed by atoms with Crippen molar-refractivity contribution in [2.24, 2.45) is 5.73 Å². The van der Waals surface area contributed by atoms with Gasteiger partial charge in [0.25, 0.3) is 0 Å². The first kappa shape index (κ1) is 15.8. The highest BCUT2D eigenvalue weighted by Crippen LogP contribution is 2.17. The van der Waals surface area contributed by atoms with Crippen LogP contribution in [0.4, 0.5) is 4.79 Å². The molecule has 8 heteroatoms. The van der Waals surface area contributed by atoms with Crippen LogP contribution < -0.4 is 16.4 Å². The summed E-state index contributed by atoms with van der Waals surface area (Å²) in [6.07, 6.45) is 4.09. The van der Waals surface area contributed by atoms with E-state index in [-0.39, 0.29) is 17.5 Å². The Morgan fingerprint density at radius 1 is 1.32 bits per heavy atom. The molecule has 0 radical (unpaired) electrons. The topological polar surface area (TPSA) is 122 Å². The third-order valence-electron chi connectivity index (χ3n) is 2.79. The van der Waals surface area contributed by atoms with Gasteiger partial charge in [0.2, 0.25) is 5.91 Å². The quantitative estimate of drug-likeness (QED) is 0.542. The second kappa shape index (κ2) is 8.00. The van der Waals surface area contributed by atoms with Crippen molar-refractivity contribution in [2.45, 2.75) is 37.8 Å². The van der Waals surface area contributed by atoms with Crippen molar-refractivity contribution in [3.63, 3.8) is 0 Å². The zero-order chi connectivity index (χ0) is 14.3. The van der Waals surface area contributed by atoms with E-state index < -0.39 is 23.9 Å². The molecule has 1 saturated carbocycles. The van der Waals surface area contributed by atoms with Gasteiger partial charge < -0.3 is 16.2 Å². The number of carboxylic acid groups (broad SMARTS) is 1. The zero-order valence-corrected chi connectivity index (χ0v) is 11.4. The smallest absolute Gasteiger partial charge is 0.321 e. The lowest BCUT2D eigenvalue weighted by atomic mass is 10.2. The van der Waals surface area contributed by atoms with Crippen molar-refractivity contribution in [3.8, 4) is 0 Å². The molecule has 1 atom stereocenters. The van der Waals surface area contributed by atoms with E-state index in [0.717, 1.165) is 37.4 Å². The van der Waals surface area contributed by atoms with E-state index in [9.17, 15) is 14.4 Å². The Balaban J connectivity index is 2.12. The van der Waals surface area contributed by atoms with Crippen LogP contribution >= 0.6 is 11.8 Å². The Labute approximate surface area is 115 Å².